The topological polar surface area (TPSA) is 36.3 Å². The van der Waals surface area contributed by atoms with Gasteiger partial charge < -0.3 is 9.64 Å². The standard InChI is InChI=1S/C17H18N2O/c1-2-19(16-8-4-3-5-9-16)11-12-20-17-10-6-7-15(13-17)14-18/h3-10,13H,2,11-12H2,1H3. The van der Waals surface area contributed by atoms with E-state index in [1.807, 2.05) is 30.3 Å². The quantitative estimate of drug-likeness (QED) is 0.803. The van der Waals surface area contributed by atoms with Gasteiger partial charge in [0.1, 0.15) is 12.4 Å². The smallest absolute Gasteiger partial charge is 0.120 e. The summed E-state index contributed by atoms with van der Waals surface area (Å²) >= 11 is 0. The van der Waals surface area contributed by atoms with Crippen molar-refractivity contribution < 1.29 is 4.74 Å². The second-order valence-corrected chi connectivity index (χ2v) is 4.40. The number of nitrogens with zero attached hydrogens (tertiary/aromatic N) is 2. The van der Waals surface area contributed by atoms with Gasteiger partial charge in [0.25, 0.3) is 0 Å². The highest BCUT2D eigenvalue weighted by atomic mass is 16.5. The highest BCUT2D eigenvalue weighted by Gasteiger charge is 2.03. The molecule has 3 heteroatoms. The zero-order valence-corrected chi connectivity index (χ0v) is 11.6. The summed E-state index contributed by atoms with van der Waals surface area (Å²) < 4.78 is 5.71. The van der Waals surface area contributed by atoms with Gasteiger partial charge in [-0.3, -0.25) is 0 Å². The predicted molar refractivity (Wildman–Crippen MR) is 81.0 cm³/mol. The van der Waals surface area contributed by atoms with Crippen molar-refractivity contribution in [3.05, 3.63) is 60.2 Å². The fourth-order valence-electron chi connectivity index (χ4n) is 2.04. The lowest BCUT2D eigenvalue weighted by atomic mass is 10.2. The molecule has 2 aromatic rings. The Bertz CT molecular complexity index is 575. The Labute approximate surface area is 120 Å². The van der Waals surface area contributed by atoms with Crippen LogP contribution in [0.1, 0.15) is 12.5 Å². The first-order valence-corrected chi connectivity index (χ1v) is 6.76. The maximum Gasteiger partial charge on any atom is 0.120 e. The van der Waals surface area contributed by atoms with Gasteiger partial charge in [0.05, 0.1) is 18.2 Å². The van der Waals surface area contributed by atoms with E-state index in [0.717, 1.165) is 18.8 Å². The molecule has 102 valence electrons. The number of hydrogen-bond donors (Lipinski definition) is 0. The lowest BCUT2D eigenvalue weighted by Gasteiger charge is -2.23. The average molecular weight is 266 g/mol. The van der Waals surface area contributed by atoms with Crippen LogP contribution in [-0.2, 0) is 0 Å². The summed E-state index contributed by atoms with van der Waals surface area (Å²) in [6.07, 6.45) is 0. The highest BCUT2D eigenvalue weighted by molar-refractivity contribution is 5.45. The Morgan fingerprint density at radius 2 is 1.90 bits per heavy atom. The van der Waals surface area contributed by atoms with Crippen molar-refractivity contribution in [3.63, 3.8) is 0 Å². The van der Waals surface area contributed by atoms with Gasteiger partial charge in [0.2, 0.25) is 0 Å². The fourth-order valence-corrected chi connectivity index (χ4v) is 2.04. The first-order chi connectivity index (χ1) is 9.83. The van der Waals surface area contributed by atoms with E-state index in [1.165, 1.54) is 5.69 Å². The molecule has 0 radical (unpaired) electrons. The largest absolute Gasteiger partial charge is 0.492 e. The van der Waals surface area contributed by atoms with Crippen LogP contribution in [0.25, 0.3) is 0 Å². The molecule has 0 fully saturated rings. The molecule has 0 unspecified atom stereocenters. The molecular weight excluding hydrogens is 248 g/mol. The number of likely N-dealkylation sites (N-methyl/N-ethyl adjacent to an activating group) is 1. The number of anilines is 1. The number of rotatable bonds is 6. The SMILES string of the molecule is CCN(CCOc1cccc(C#N)c1)c1ccccc1. The Kier molecular flexibility index (Phi) is 5.02. The second-order valence-electron chi connectivity index (χ2n) is 4.40. The molecule has 0 spiro atoms. The van der Waals surface area contributed by atoms with Gasteiger partial charge in [0.15, 0.2) is 0 Å². The van der Waals surface area contributed by atoms with Crippen molar-refractivity contribution in [1.82, 2.24) is 0 Å². The molecule has 0 heterocycles. The molecule has 0 saturated carbocycles. The molecular formula is C17H18N2O. The van der Waals surface area contributed by atoms with E-state index in [2.05, 4.69) is 30.0 Å². The van der Waals surface area contributed by atoms with Crippen LogP contribution in [0.3, 0.4) is 0 Å². The third kappa shape index (κ3) is 3.76. The average Bonchev–Trinajstić information content (AvgIpc) is 2.52. The molecule has 0 aliphatic heterocycles. The number of ether oxygens (including phenoxy) is 1. The van der Waals surface area contributed by atoms with E-state index in [-0.39, 0.29) is 0 Å². The molecule has 0 aliphatic carbocycles. The number of para-hydroxylation sites is 1. The van der Waals surface area contributed by atoms with Gasteiger partial charge in [-0.25, -0.2) is 0 Å². The van der Waals surface area contributed by atoms with Crippen molar-refractivity contribution in [3.8, 4) is 11.8 Å². The van der Waals surface area contributed by atoms with Crippen LogP contribution in [0.15, 0.2) is 54.6 Å². The molecule has 3 nitrogen and oxygen atoms in total. The Balaban J connectivity index is 1.90. The summed E-state index contributed by atoms with van der Waals surface area (Å²) in [4.78, 5) is 2.26. The van der Waals surface area contributed by atoms with Crippen molar-refractivity contribution in [2.24, 2.45) is 0 Å². The molecule has 0 atom stereocenters. The highest BCUT2D eigenvalue weighted by Crippen LogP contribution is 2.14. The van der Waals surface area contributed by atoms with Crippen molar-refractivity contribution >= 4 is 5.69 Å². The van der Waals surface area contributed by atoms with Gasteiger partial charge in [-0.15, -0.1) is 0 Å². The monoisotopic (exact) mass is 266 g/mol. The summed E-state index contributed by atoms with van der Waals surface area (Å²) in [5.41, 5.74) is 1.82. The summed E-state index contributed by atoms with van der Waals surface area (Å²) in [5, 5.41) is 8.85. The Morgan fingerprint density at radius 3 is 2.60 bits per heavy atom. The maximum atomic E-state index is 8.85. The first-order valence-electron chi connectivity index (χ1n) is 6.76. The number of nitriles is 1. The second kappa shape index (κ2) is 7.20. The van der Waals surface area contributed by atoms with Crippen LogP contribution in [0.4, 0.5) is 5.69 Å². The van der Waals surface area contributed by atoms with Crippen molar-refractivity contribution in [1.29, 1.82) is 5.26 Å². The maximum absolute atomic E-state index is 8.85. The Morgan fingerprint density at radius 1 is 1.10 bits per heavy atom. The predicted octanol–water partition coefficient (Wildman–Crippen LogP) is 3.46. The minimum absolute atomic E-state index is 0.595. The zero-order valence-electron chi connectivity index (χ0n) is 11.6. The van der Waals surface area contributed by atoms with E-state index in [1.54, 1.807) is 12.1 Å². The van der Waals surface area contributed by atoms with Gasteiger partial charge >= 0.3 is 0 Å². The van der Waals surface area contributed by atoms with Crippen LogP contribution in [0.2, 0.25) is 0 Å². The van der Waals surface area contributed by atoms with Crippen LogP contribution in [0, 0.1) is 11.3 Å². The van der Waals surface area contributed by atoms with Crippen molar-refractivity contribution in [2.75, 3.05) is 24.6 Å². The van der Waals surface area contributed by atoms with Crippen LogP contribution < -0.4 is 9.64 Å². The molecule has 0 N–H and O–H groups in total. The van der Waals surface area contributed by atoms with Gasteiger partial charge in [-0.2, -0.15) is 5.26 Å². The lowest BCUT2D eigenvalue weighted by Crippen LogP contribution is -2.27. The molecule has 0 saturated heterocycles. The number of benzene rings is 2. The van der Waals surface area contributed by atoms with E-state index >= 15 is 0 Å². The molecule has 0 aromatic heterocycles. The Hall–Kier alpha value is -2.47. The summed E-state index contributed by atoms with van der Waals surface area (Å²) in [6, 6.07) is 19.6. The third-order valence-corrected chi connectivity index (χ3v) is 3.10. The molecule has 2 rings (SSSR count). The minimum Gasteiger partial charge on any atom is -0.492 e. The lowest BCUT2D eigenvalue weighted by molar-refractivity contribution is 0.324. The van der Waals surface area contributed by atoms with Gasteiger partial charge in [-0.05, 0) is 37.3 Å². The zero-order chi connectivity index (χ0) is 14.2. The van der Waals surface area contributed by atoms with Crippen molar-refractivity contribution in [2.45, 2.75) is 6.92 Å². The van der Waals surface area contributed by atoms with Crippen LogP contribution in [0.5, 0.6) is 5.75 Å². The first kappa shape index (κ1) is 14.0. The van der Waals surface area contributed by atoms with Crippen LogP contribution in [-0.4, -0.2) is 19.7 Å². The van der Waals surface area contributed by atoms with E-state index < -0.39 is 0 Å². The summed E-state index contributed by atoms with van der Waals surface area (Å²) in [7, 11) is 0. The summed E-state index contributed by atoms with van der Waals surface area (Å²) in [5.74, 6) is 0.744. The molecule has 0 amide bonds. The van der Waals surface area contributed by atoms with Gasteiger partial charge in [0, 0.05) is 12.2 Å². The molecule has 0 bridgehead atoms. The summed E-state index contributed by atoms with van der Waals surface area (Å²) in [6.45, 7) is 4.48. The van der Waals surface area contributed by atoms with E-state index in [4.69, 9.17) is 10.00 Å². The number of hydrogen-bond acceptors (Lipinski definition) is 3. The van der Waals surface area contributed by atoms with E-state index in [9.17, 15) is 0 Å². The minimum atomic E-state index is 0.595. The molecule has 20 heavy (non-hydrogen) atoms. The van der Waals surface area contributed by atoms with Crippen LogP contribution >= 0.6 is 0 Å². The van der Waals surface area contributed by atoms with Gasteiger partial charge in [-0.1, -0.05) is 24.3 Å². The fraction of sp³-hybridized carbons (Fsp3) is 0.235. The molecule has 2 aromatic carbocycles. The third-order valence-electron chi connectivity index (χ3n) is 3.10. The van der Waals surface area contributed by atoms with E-state index in [0.29, 0.717) is 12.2 Å². The molecule has 0 aliphatic rings. The normalized spacial score (nSPS) is 9.80.